The Morgan fingerprint density at radius 3 is 2.68 bits per heavy atom. The summed E-state index contributed by atoms with van der Waals surface area (Å²) in [6.07, 6.45) is 4.98. The third-order valence-electron chi connectivity index (χ3n) is 2.43. The van der Waals surface area contributed by atoms with Crippen molar-refractivity contribution in [2.24, 2.45) is 5.10 Å². The van der Waals surface area contributed by atoms with Crippen molar-refractivity contribution in [3.05, 3.63) is 70.0 Å². The SMILES string of the molecule is O=[N+]([O-])/C=N/Nc1ccc(Cc2cccnc2)cc1. The molecule has 0 amide bonds. The molecule has 0 aliphatic heterocycles. The molecule has 1 aromatic heterocycles. The minimum atomic E-state index is -0.621. The molecule has 1 aromatic carbocycles. The number of rotatable bonds is 5. The van der Waals surface area contributed by atoms with E-state index in [2.05, 4.69) is 15.5 Å². The van der Waals surface area contributed by atoms with Crippen LogP contribution in [0.15, 0.2) is 53.9 Å². The van der Waals surface area contributed by atoms with Crippen molar-refractivity contribution in [1.82, 2.24) is 4.98 Å². The fraction of sp³-hybridized carbons (Fsp3) is 0.0769. The van der Waals surface area contributed by atoms with Crippen molar-refractivity contribution in [2.75, 3.05) is 5.43 Å². The van der Waals surface area contributed by atoms with Crippen molar-refractivity contribution in [2.45, 2.75) is 6.42 Å². The summed E-state index contributed by atoms with van der Waals surface area (Å²) in [5.74, 6) is 0. The summed E-state index contributed by atoms with van der Waals surface area (Å²) in [4.78, 5) is 13.5. The second-order valence-corrected chi connectivity index (χ2v) is 3.88. The van der Waals surface area contributed by atoms with E-state index in [-0.39, 0.29) is 0 Å². The first-order valence-corrected chi connectivity index (χ1v) is 5.64. The van der Waals surface area contributed by atoms with E-state index in [0.29, 0.717) is 12.0 Å². The van der Waals surface area contributed by atoms with Crippen molar-refractivity contribution >= 4 is 12.0 Å². The number of aromatic nitrogens is 1. The summed E-state index contributed by atoms with van der Waals surface area (Å²) in [7, 11) is 0. The van der Waals surface area contributed by atoms with Crippen LogP contribution in [0.3, 0.4) is 0 Å². The summed E-state index contributed by atoms with van der Waals surface area (Å²) in [5.41, 5.74) is 5.55. The monoisotopic (exact) mass is 256 g/mol. The molecule has 0 bridgehead atoms. The highest BCUT2D eigenvalue weighted by atomic mass is 16.6. The Kier molecular flexibility index (Phi) is 4.17. The van der Waals surface area contributed by atoms with Crippen LogP contribution in [0.5, 0.6) is 0 Å². The maximum Gasteiger partial charge on any atom is 0.352 e. The molecule has 1 N–H and O–H groups in total. The van der Waals surface area contributed by atoms with E-state index in [1.807, 2.05) is 42.6 Å². The lowest BCUT2D eigenvalue weighted by Gasteiger charge is -2.02. The first-order valence-electron chi connectivity index (χ1n) is 5.64. The van der Waals surface area contributed by atoms with Gasteiger partial charge in [-0.25, -0.2) is 0 Å². The van der Waals surface area contributed by atoms with Gasteiger partial charge in [0, 0.05) is 17.5 Å². The van der Waals surface area contributed by atoms with Crippen LogP contribution < -0.4 is 5.43 Å². The smallest absolute Gasteiger partial charge is 0.352 e. The second kappa shape index (κ2) is 6.25. The van der Waals surface area contributed by atoms with E-state index in [9.17, 15) is 10.1 Å². The maximum absolute atomic E-state index is 10.1. The Balaban J connectivity index is 1.97. The van der Waals surface area contributed by atoms with Crippen molar-refractivity contribution < 1.29 is 4.92 Å². The summed E-state index contributed by atoms with van der Waals surface area (Å²) in [6.45, 7) is 0. The average Bonchev–Trinajstić information content (AvgIpc) is 2.42. The summed E-state index contributed by atoms with van der Waals surface area (Å²) in [6, 6.07) is 11.4. The predicted molar refractivity (Wildman–Crippen MR) is 72.6 cm³/mol. The normalized spacial score (nSPS) is 10.5. The first-order chi connectivity index (χ1) is 9.24. The van der Waals surface area contributed by atoms with Crippen LogP contribution in [0.2, 0.25) is 0 Å². The predicted octanol–water partition coefficient (Wildman–Crippen LogP) is 2.30. The van der Waals surface area contributed by atoms with Gasteiger partial charge in [0.1, 0.15) is 0 Å². The Morgan fingerprint density at radius 1 is 1.26 bits per heavy atom. The lowest BCUT2D eigenvalue weighted by molar-refractivity contribution is -0.339. The summed E-state index contributed by atoms with van der Waals surface area (Å²) >= 11 is 0. The Bertz CT molecular complexity index is 567. The number of anilines is 1. The molecule has 6 nitrogen and oxygen atoms in total. The lowest BCUT2D eigenvalue weighted by atomic mass is 10.1. The number of nitrogens with one attached hydrogen (secondary N) is 1. The number of pyridine rings is 1. The van der Waals surface area contributed by atoms with Gasteiger partial charge in [-0.05, 0) is 40.7 Å². The van der Waals surface area contributed by atoms with Crippen LogP contribution in [0.4, 0.5) is 5.69 Å². The largest absolute Gasteiger partial charge is 0.358 e. The van der Waals surface area contributed by atoms with Gasteiger partial charge < -0.3 is 10.1 Å². The molecule has 1 heterocycles. The average molecular weight is 256 g/mol. The fourth-order valence-corrected chi connectivity index (χ4v) is 1.59. The summed E-state index contributed by atoms with van der Waals surface area (Å²) < 4.78 is 0. The Hall–Kier alpha value is -2.76. The molecule has 0 unspecified atom stereocenters. The number of hydrazone groups is 1. The van der Waals surface area contributed by atoms with E-state index in [0.717, 1.165) is 17.5 Å². The molecular formula is C13H12N4O2. The van der Waals surface area contributed by atoms with Gasteiger partial charge in [-0.1, -0.05) is 18.2 Å². The molecule has 0 saturated carbocycles. The lowest BCUT2D eigenvalue weighted by Crippen LogP contribution is -1.97. The van der Waals surface area contributed by atoms with Gasteiger partial charge in [0.15, 0.2) is 0 Å². The molecule has 0 atom stereocenters. The second-order valence-electron chi connectivity index (χ2n) is 3.88. The zero-order chi connectivity index (χ0) is 13.5. The third kappa shape index (κ3) is 4.19. The minimum absolute atomic E-state index is 0.615. The molecule has 0 spiro atoms. The van der Waals surface area contributed by atoms with Crippen LogP contribution in [0.1, 0.15) is 11.1 Å². The molecule has 0 aliphatic carbocycles. The van der Waals surface area contributed by atoms with E-state index in [1.165, 1.54) is 0 Å². The maximum atomic E-state index is 10.1. The third-order valence-corrected chi connectivity index (χ3v) is 2.43. The molecule has 0 fully saturated rings. The van der Waals surface area contributed by atoms with Gasteiger partial charge >= 0.3 is 6.34 Å². The molecule has 0 saturated heterocycles. The quantitative estimate of drug-likeness (QED) is 0.385. The number of nitro groups is 1. The van der Waals surface area contributed by atoms with E-state index >= 15 is 0 Å². The highest BCUT2D eigenvalue weighted by Gasteiger charge is 1.98. The molecular weight excluding hydrogens is 244 g/mol. The van der Waals surface area contributed by atoms with Gasteiger partial charge in [-0.15, -0.1) is 0 Å². The van der Waals surface area contributed by atoms with Gasteiger partial charge in [-0.3, -0.25) is 4.98 Å². The standard InChI is InChI=1S/C13H12N4O2/c18-17(19)10-15-16-13-5-3-11(4-6-13)8-12-2-1-7-14-9-12/h1-7,9-10,16H,8H2/b15-10+. The zero-order valence-electron chi connectivity index (χ0n) is 10.1. The van der Waals surface area contributed by atoms with Gasteiger partial charge in [0.2, 0.25) is 0 Å². The zero-order valence-corrected chi connectivity index (χ0v) is 10.1. The van der Waals surface area contributed by atoms with Crippen molar-refractivity contribution in [3.8, 4) is 0 Å². The molecule has 19 heavy (non-hydrogen) atoms. The van der Waals surface area contributed by atoms with Crippen LogP contribution >= 0.6 is 0 Å². The fourth-order valence-electron chi connectivity index (χ4n) is 1.59. The van der Waals surface area contributed by atoms with Crippen LogP contribution in [-0.4, -0.2) is 16.2 Å². The Morgan fingerprint density at radius 2 is 2.05 bits per heavy atom. The number of hydrogen-bond donors (Lipinski definition) is 1. The van der Waals surface area contributed by atoms with E-state index in [4.69, 9.17) is 0 Å². The van der Waals surface area contributed by atoms with Crippen LogP contribution in [-0.2, 0) is 6.42 Å². The van der Waals surface area contributed by atoms with Crippen molar-refractivity contribution in [1.29, 1.82) is 0 Å². The molecule has 6 heteroatoms. The Labute approximate surface area is 110 Å². The minimum Gasteiger partial charge on any atom is -0.358 e. The topological polar surface area (TPSA) is 80.4 Å². The van der Waals surface area contributed by atoms with Gasteiger partial charge in [-0.2, -0.15) is 5.43 Å². The highest BCUT2D eigenvalue weighted by molar-refractivity contribution is 5.50. The van der Waals surface area contributed by atoms with E-state index < -0.39 is 4.92 Å². The number of hydrogen-bond acceptors (Lipinski definition) is 5. The van der Waals surface area contributed by atoms with Gasteiger partial charge in [0.05, 0.1) is 5.69 Å². The summed E-state index contributed by atoms with van der Waals surface area (Å²) in [5, 5.41) is 13.5. The first kappa shape index (κ1) is 12.7. The molecule has 0 aliphatic rings. The molecule has 2 rings (SSSR count). The van der Waals surface area contributed by atoms with Crippen LogP contribution in [0, 0.1) is 10.1 Å². The molecule has 2 aromatic rings. The van der Waals surface area contributed by atoms with Crippen molar-refractivity contribution in [3.63, 3.8) is 0 Å². The molecule has 0 radical (unpaired) electrons. The number of nitrogens with zero attached hydrogens (tertiary/aromatic N) is 3. The van der Waals surface area contributed by atoms with Crippen LogP contribution in [0.25, 0.3) is 0 Å². The van der Waals surface area contributed by atoms with E-state index in [1.54, 1.807) is 6.20 Å². The number of benzene rings is 1. The van der Waals surface area contributed by atoms with Gasteiger partial charge in [0.25, 0.3) is 0 Å². The molecule has 96 valence electrons. The highest BCUT2D eigenvalue weighted by Crippen LogP contribution is 2.12.